The van der Waals surface area contributed by atoms with Crippen molar-refractivity contribution in [3.05, 3.63) is 82.2 Å². The van der Waals surface area contributed by atoms with E-state index in [0.29, 0.717) is 5.52 Å². The molecule has 114 valence electrons. The number of nitrogens with one attached hydrogen (secondary N) is 1. The molecular formula is C19H15NO3. The Labute approximate surface area is 133 Å². The van der Waals surface area contributed by atoms with Gasteiger partial charge in [-0.25, -0.2) is 0 Å². The number of ether oxygens (including phenoxy) is 1. The van der Waals surface area contributed by atoms with E-state index in [0.717, 1.165) is 16.7 Å². The quantitative estimate of drug-likeness (QED) is 0.593. The second-order valence-corrected chi connectivity index (χ2v) is 5.07. The van der Waals surface area contributed by atoms with E-state index >= 15 is 0 Å². The first-order valence-electron chi connectivity index (χ1n) is 7.16. The predicted octanol–water partition coefficient (Wildman–Crippen LogP) is 3.43. The number of benzene rings is 2. The smallest absolute Gasteiger partial charge is 0.259 e. The van der Waals surface area contributed by atoms with Gasteiger partial charge in [-0.15, -0.1) is 0 Å². The molecule has 0 unspecified atom stereocenters. The number of para-hydroxylation sites is 1. The van der Waals surface area contributed by atoms with Crippen LogP contribution in [0.15, 0.2) is 65.5 Å². The molecule has 4 heteroatoms. The zero-order chi connectivity index (χ0) is 16.2. The molecular weight excluding hydrogens is 290 g/mol. The Kier molecular flexibility index (Phi) is 4.06. The first-order chi connectivity index (χ1) is 11.2. The lowest BCUT2D eigenvalue weighted by Gasteiger charge is -2.01. The summed E-state index contributed by atoms with van der Waals surface area (Å²) in [5.41, 5.74) is 1.33. The number of allylic oxidation sites excluding steroid dienone is 1. The number of ketones is 1. The molecule has 0 saturated heterocycles. The molecule has 23 heavy (non-hydrogen) atoms. The topological polar surface area (TPSA) is 59.2 Å². The molecule has 0 fully saturated rings. The minimum atomic E-state index is -0.381. The summed E-state index contributed by atoms with van der Waals surface area (Å²) in [6, 6.07) is 16.3. The van der Waals surface area contributed by atoms with E-state index in [-0.39, 0.29) is 16.9 Å². The van der Waals surface area contributed by atoms with Crippen LogP contribution in [0.4, 0.5) is 0 Å². The summed E-state index contributed by atoms with van der Waals surface area (Å²) in [6.07, 6.45) is 3.08. The Morgan fingerprint density at radius 3 is 2.57 bits per heavy atom. The summed E-state index contributed by atoms with van der Waals surface area (Å²) in [5.74, 6) is 0.423. The van der Waals surface area contributed by atoms with Crippen LogP contribution in [0.2, 0.25) is 0 Å². The number of hydrogen-bond acceptors (Lipinski definition) is 3. The van der Waals surface area contributed by atoms with Crippen molar-refractivity contribution < 1.29 is 9.53 Å². The van der Waals surface area contributed by atoms with Crippen LogP contribution in [0.3, 0.4) is 0 Å². The lowest BCUT2D eigenvalue weighted by atomic mass is 10.1. The molecule has 0 amide bonds. The highest BCUT2D eigenvalue weighted by Crippen LogP contribution is 2.14. The average molecular weight is 305 g/mol. The number of aromatic amines is 1. The van der Waals surface area contributed by atoms with E-state index in [1.54, 1.807) is 25.3 Å². The van der Waals surface area contributed by atoms with Gasteiger partial charge < -0.3 is 9.72 Å². The zero-order valence-electron chi connectivity index (χ0n) is 12.6. The Hall–Kier alpha value is -3.14. The van der Waals surface area contributed by atoms with Gasteiger partial charge in [-0.05, 0) is 41.3 Å². The normalized spacial score (nSPS) is 11.0. The molecule has 0 aliphatic rings. The predicted molar refractivity (Wildman–Crippen MR) is 90.9 cm³/mol. The molecule has 1 heterocycles. The van der Waals surface area contributed by atoms with Crippen molar-refractivity contribution in [1.82, 2.24) is 4.98 Å². The number of carbonyl (C=O) groups is 1. The van der Waals surface area contributed by atoms with E-state index in [1.807, 2.05) is 42.5 Å². The van der Waals surface area contributed by atoms with Crippen molar-refractivity contribution in [2.24, 2.45) is 0 Å². The van der Waals surface area contributed by atoms with Gasteiger partial charge in [-0.2, -0.15) is 0 Å². The first kappa shape index (κ1) is 14.8. The molecule has 0 bridgehead atoms. The van der Waals surface area contributed by atoms with Gasteiger partial charge in [0.15, 0.2) is 5.78 Å². The van der Waals surface area contributed by atoms with Crippen molar-refractivity contribution in [3.63, 3.8) is 0 Å². The van der Waals surface area contributed by atoms with E-state index in [4.69, 9.17) is 4.74 Å². The van der Waals surface area contributed by atoms with Gasteiger partial charge in [0.25, 0.3) is 5.56 Å². The number of hydrogen-bond donors (Lipinski definition) is 1. The number of methoxy groups -OCH3 is 1. The summed E-state index contributed by atoms with van der Waals surface area (Å²) >= 11 is 0. The standard InChI is InChI=1S/C19H15NO3/c1-23-15-9-6-13(7-10-15)8-11-18(21)16-12-14-4-2-3-5-17(14)20-19(16)22/h2-12H,1H3,(H,20,22)/b11-8-. The molecule has 0 radical (unpaired) electrons. The summed E-state index contributed by atoms with van der Waals surface area (Å²) in [6.45, 7) is 0. The molecule has 4 nitrogen and oxygen atoms in total. The van der Waals surface area contributed by atoms with Gasteiger partial charge >= 0.3 is 0 Å². The number of pyridine rings is 1. The van der Waals surface area contributed by atoms with Crippen LogP contribution in [0.1, 0.15) is 15.9 Å². The molecule has 0 aliphatic carbocycles. The van der Waals surface area contributed by atoms with Crippen molar-refractivity contribution in [2.75, 3.05) is 7.11 Å². The van der Waals surface area contributed by atoms with Crippen LogP contribution in [0, 0.1) is 0 Å². The number of H-pyrrole nitrogens is 1. The first-order valence-corrected chi connectivity index (χ1v) is 7.16. The maximum absolute atomic E-state index is 12.3. The molecule has 1 aromatic heterocycles. The number of rotatable bonds is 4. The fourth-order valence-corrected chi connectivity index (χ4v) is 2.31. The Morgan fingerprint density at radius 1 is 1.09 bits per heavy atom. The van der Waals surface area contributed by atoms with E-state index in [9.17, 15) is 9.59 Å². The van der Waals surface area contributed by atoms with Gasteiger partial charge in [-0.1, -0.05) is 36.4 Å². The van der Waals surface area contributed by atoms with Crippen molar-refractivity contribution in [2.45, 2.75) is 0 Å². The fraction of sp³-hybridized carbons (Fsp3) is 0.0526. The fourth-order valence-electron chi connectivity index (χ4n) is 2.31. The van der Waals surface area contributed by atoms with Crippen LogP contribution in [0.5, 0.6) is 5.75 Å². The number of aromatic nitrogens is 1. The Balaban J connectivity index is 1.89. The van der Waals surface area contributed by atoms with Gasteiger partial charge in [-0.3, -0.25) is 9.59 Å². The summed E-state index contributed by atoms with van der Waals surface area (Å²) < 4.78 is 5.08. The Morgan fingerprint density at radius 2 is 1.83 bits per heavy atom. The van der Waals surface area contributed by atoms with Crippen LogP contribution < -0.4 is 10.3 Å². The Bertz CT molecular complexity index is 937. The zero-order valence-corrected chi connectivity index (χ0v) is 12.6. The molecule has 3 aromatic rings. The monoisotopic (exact) mass is 305 g/mol. The third kappa shape index (κ3) is 3.21. The second-order valence-electron chi connectivity index (χ2n) is 5.07. The summed E-state index contributed by atoms with van der Waals surface area (Å²) in [7, 11) is 1.60. The van der Waals surface area contributed by atoms with Crippen LogP contribution in [-0.2, 0) is 0 Å². The number of carbonyl (C=O) groups excluding carboxylic acids is 1. The maximum atomic E-state index is 12.3. The van der Waals surface area contributed by atoms with Gasteiger partial charge in [0.2, 0.25) is 0 Å². The van der Waals surface area contributed by atoms with E-state index in [2.05, 4.69) is 4.98 Å². The molecule has 1 N–H and O–H groups in total. The van der Waals surface area contributed by atoms with Crippen LogP contribution in [0.25, 0.3) is 17.0 Å². The highest BCUT2D eigenvalue weighted by Gasteiger charge is 2.08. The lowest BCUT2D eigenvalue weighted by Crippen LogP contribution is -2.16. The molecule has 3 rings (SSSR count). The summed E-state index contributed by atoms with van der Waals surface area (Å²) in [5, 5.41) is 0.827. The molecule has 0 aliphatic heterocycles. The third-order valence-corrected chi connectivity index (χ3v) is 3.56. The molecule has 0 atom stereocenters. The van der Waals surface area contributed by atoms with Crippen LogP contribution >= 0.6 is 0 Å². The molecule has 0 spiro atoms. The van der Waals surface area contributed by atoms with Crippen molar-refractivity contribution in [3.8, 4) is 5.75 Å². The summed E-state index contributed by atoms with van der Waals surface area (Å²) in [4.78, 5) is 27.0. The largest absolute Gasteiger partial charge is 0.497 e. The van der Waals surface area contributed by atoms with Crippen LogP contribution in [-0.4, -0.2) is 17.9 Å². The van der Waals surface area contributed by atoms with Gasteiger partial charge in [0, 0.05) is 5.52 Å². The minimum absolute atomic E-state index is 0.133. The van der Waals surface area contributed by atoms with E-state index in [1.165, 1.54) is 6.08 Å². The molecule has 2 aromatic carbocycles. The number of fused-ring (bicyclic) bond motifs is 1. The average Bonchev–Trinajstić information content (AvgIpc) is 2.59. The van der Waals surface area contributed by atoms with E-state index < -0.39 is 0 Å². The van der Waals surface area contributed by atoms with Gasteiger partial charge in [0.05, 0.1) is 12.7 Å². The maximum Gasteiger partial charge on any atom is 0.259 e. The minimum Gasteiger partial charge on any atom is -0.497 e. The van der Waals surface area contributed by atoms with Crippen molar-refractivity contribution >= 4 is 22.8 Å². The lowest BCUT2D eigenvalue weighted by molar-refractivity contribution is 0.104. The van der Waals surface area contributed by atoms with Gasteiger partial charge in [0.1, 0.15) is 5.75 Å². The highest BCUT2D eigenvalue weighted by molar-refractivity contribution is 6.08. The highest BCUT2D eigenvalue weighted by atomic mass is 16.5. The van der Waals surface area contributed by atoms with Crippen molar-refractivity contribution in [1.29, 1.82) is 0 Å². The SMILES string of the molecule is COc1ccc(/C=C\C(=O)c2cc3ccccc3[nH]c2=O)cc1. The third-order valence-electron chi connectivity index (χ3n) is 3.56. The molecule has 0 saturated carbocycles. The second kappa shape index (κ2) is 6.32.